The molecule has 1 N–H and O–H groups in total. The zero-order valence-electron chi connectivity index (χ0n) is 11.9. The van der Waals surface area contributed by atoms with E-state index in [1.807, 2.05) is 0 Å². The fraction of sp³-hybridized carbons (Fsp3) is 0.533. The van der Waals surface area contributed by atoms with Crippen molar-refractivity contribution < 1.29 is 19.0 Å². The Hall–Kier alpha value is -1.46. The van der Waals surface area contributed by atoms with Crippen LogP contribution in [0.2, 0.25) is 0 Å². The number of piperidine rings is 1. The zero-order valence-corrected chi connectivity index (χ0v) is 11.9. The van der Waals surface area contributed by atoms with Crippen molar-refractivity contribution in [3.8, 4) is 0 Å². The zero-order chi connectivity index (χ0) is 14.8. The van der Waals surface area contributed by atoms with Gasteiger partial charge in [-0.25, -0.2) is 9.18 Å². The monoisotopic (exact) mass is 281 g/mol. The highest BCUT2D eigenvalue weighted by atomic mass is 19.1. The molecular weight excluding hydrogens is 261 g/mol. The van der Waals surface area contributed by atoms with Gasteiger partial charge in [-0.3, -0.25) is 4.90 Å². The minimum absolute atomic E-state index is 0.0368. The van der Waals surface area contributed by atoms with E-state index in [4.69, 9.17) is 9.84 Å². The van der Waals surface area contributed by atoms with Gasteiger partial charge in [-0.15, -0.1) is 0 Å². The van der Waals surface area contributed by atoms with Crippen LogP contribution in [-0.2, 0) is 11.3 Å². The Morgan fingerprint density at radius 2 is 2.30 bits per heavy atom. The number of benzene rings is 1. The van der Waals surface area contributed by atoms with E-state index in [9.17, 15) is 9.18 Å². The van der Waals surface area contributed by atoms with E-state index >= 15 is 0 Å². The van der Waals surface area contributed by atoms with Gasteiger partial charge in [0.25, 0.3) is 0 Å². The van der Waals surface area contributed by atoms with Crippen LogP contribution < -0.4 is 0 Å². The number of rotatable bonds is 4. The van der Waals surface area contributed by atoms with Gasteiger partial charge in [0.05, 0.1) is 11.2 Å². The summed E-state index contributed by atoms with van der Waals surface area (Å²) in [4.78, 5) is 13.3. The molecule has 0 aromatic heterocycles. The van der Waals surface area contributed by atoms with Crippen molar-refractivity contribution in [1.82, 2.24) is 4.90 Å². The summed E-state index contributed by atoms with van der Waals surface area (Å²) in [5, 5.41) is 9.16. The highest BCUT2D eigenvalue weighted by Gasteiger charge is 2.31. The third kappa shape index (κ3) is 3.35. The average Bonchev–Trinajstić information content (AvgIpc) is 2.41. The number of carboxylic acids is 1. The third-order valence-electron chi connectivity index (χ3n) is 3.93. The molecule has 1 aromatic carbocycles. The molecule has 0 amide bonds. The predicted octanol–water partition coefficient (Wildman–Crippen LogP) is 2.52. The van der Waals surface area contributed by atoms with E-state index in [2.05, 4.69) is 11.8 Å². The van der Waals surface area contributed by atoms with Crippen LogP contribution in [0.5, 0.6) is 0 Å². The SMILES string of the molecule is COC1(C)CCCN(Cc2ccc(F)cc2C(=O)O)C1. The molecule has 1 saturated heterocycles. The molecule has 20 heavy (non-hydrogen) atoms. The second-order valence-corrected chi connectivity index (χ2v) is 5.57. The highest BCUT2D eigenvalue weighted by molar-refractivity contribution is 5.89. The average molecular weight is 281 g/mol. The van der Waals surface area contributed by atoms with Gasteiger partial charge in [0.2, 0.25) is 0 Å². The van der Waals surface area contributed by atoms with Crippen LogP contribution in [0, 0.1) is 5.82 Å². The summed E-state index contributed by atoms with van der Waals surface area (Å²) >= 11 is 0. The van der Waals surface area contributed by atoms with Gasteiger partial charge >= 0.3 is 5.97 Å². The normalized spacial score (nSPS) is 23.8. The first-order chi connectivity index (χ1) is 9.43. The van der Waals surface area contributed by atoms with E-state index in [0.717, 1.165) is 32.0 Å². The molecule has 110 valence electrons. The Kier molecular flexibility index (Phi) is 4.40. The quantitative estimate of drug-likeness (QED) is 0.921. The van der Waals surface area contributed by atoms with E-state index in [0.29, 0.717) is 12.1 Å². The molecule has 0 aliphatic carbocycles. The summed E-state index contributed by atoms with van der Waals surface area (Å²) in [5.74, 6) is -1.61. The lowest BCUT2D eigenvalue weighted by molar-refractivity contribution is -0.0527. The number of nitrogens with zero attached hydrogens (tertiary/aromatic N) is 1. The maximum atomic E-state index is 13.2. The summed E-state index contributed by atoms with van der Waals surface area (Å²) in [6, 6.07) is 3.94. The Balaban J connectivity index is 2.16. The van der Waals surface area contributed by atoms with Crippen molar-refractivity contribution >= 4 is 5.97 Å². The van der Waals surface area contributed by atoms with Crippen LogP contribution in [-0.4, -0.2) is 41.8 Å². The first-order valence-electron chi connectivity index (χ1n) is 6.73. The number of likely N-dealkylation sites (tertiary alicyclic amines) is 1. The van der Waals surface area contributed by atoms with Crippen molar-refractivity contribution in [3.63, 3.8) is 0 Å². The number of carbonyl (C=O) groups is 1. The molecule has 1 aromatic rings. The van der Waals surface area contributed by atoms with Gasteiger partial charge in [0.1, 0.15) is 5.82 Å². The third-order valence-corrected chi connectivity index (χ3v) is 3.93. The lowest BCUT2D eigenvalue weighted by atomic mass is 9.94. The van der Waals surface area contributed by atoms with Gasteiger partial charge < -0.3 is 9.84 Å². The molecule has 1 fully saturated rings. The fourth-order valence-corrected chi connectivity index (χ4v) is 2.74. The number of hydrogen-bond acceptors (Lipinski definition) is 3. The lowest BCUT2D eigenvalue weighted by Crippen LogP contribution is -2.47. The minimum atomic E-state index is -1.09. The first kappa shape index (κ1) is 14.9. The Morgan fingerprint density at radius 1 is 1.55 bits per heavy atom. The highest BCUT2D eigenvalue weighted by Crippen LogP contribution is 2.25. The Bertz CT molecular complexity index is 506. The number of ether oxygens (including phenoxy) is 1. The van der Waals surface area contributed by atoms with Crippen molar-refractivity contribution in [2.75, 3.05) is 20.2 Å². The molecule has 4 nitrogen and oxygen atoms in total. The molecule has 2 rings (SSSR count). The van der Waals surface area contributed by atoms with E-state index < -0.39 is 11.8 Å². The molecule has 5 heteroatoms. The summed E-state index contributed by atoms with van der Waals surface area (Å²) < 4.78 is 18.7. The molecule has 1 aliphatic rings. The van der Waals surface area contributed by atoms with Gasteiger partial charge in [-0.05, 0) is 44.0 Å². The predicted molar refractivity (Wildman–Crippen MR) is 73.3 cm³/mol. The number of hydrogen-bond donors (Lipinski definition) is 1. The molecule has 0 spiro atoms. The summed E-state index contributed by atoms with van der Waals surface area (Å²) in [6.07, 6.45) is 2.00. The number of aromatic carboxylic acids is 1. The van der Waals surface area contributed by atoms with Crippen LogP contribution in [0.4, 0.5) is 4.39 Å². The van der Waals surface area contributed by atoms with E-state index in [-0.39, 0.29) is 11.2 Å². The molecule has 0 bridgehead atoms. The van der Waals surface area contributed by atoms with Crippen molar-refractivity contribution in [3.05, 3.63) is 35.1 Å². The van der Waals surface area contributed by atoms with Crippen molar-refractivity contribution in [2.24, 2.45) is 0 Å². The molecule has 0 saturated carbocycles. The van der Waals surface area contributed by atoms with Gasteiger partial charge in [0.15, 0.2) is 0 Å². The second kappa shape index (κ2) is 5.89. The summed E-state index contributed by atoms with van der Waals surface area (Å²) in [7, 11) is 1.70. The molecular formula is C15H20FNO3. The minimum Gasteiger partial charge on any atom is -0.478 e. The van der Waals surface area contributed by atoms with Crippen molar-refractivity contribution in [1.29, 1.82) is 0 Å². The number of methoxy groups -OCH3 is 1. The largest absolute Gasteiger partial charge is 0.478 e. The molecule has 0 radical (unpaired) electrons. The standard InChI is InChI=1S/C15H20FNO3/c1-15(20-2)6-3-7-17(10-15)9-11-4-5-12(16)8-13(11)14(18)19/h4-5,8H,3,6-7,9-10H2,1-2H3,(H,18,19). The Labute approximate surface area is 118 Å². The number of halogens is 1. The second-order valence-electron chi connectivity index (χ2n) is 5.57. The van der Waals surface area contributed by atoms with E-state index in [1.54, 1.807) is 13.2 Å². The van der Waals surface area contributed by atoms with Crippen LogP contribution in [0.1, 0.15) is 35.7 Å². The van der Waals surface area contributed by atoms with Gasteiger partial charge in [0, 0.05) is 20.2 Å². The van der Waals surface area contributed by atoms with Crippen LogP contribution in [0.3, 0.4) is 0 Å². The number of carboxylic acid groups (broad SMARTS) is 1. The van der Waals surface area contributed by atoms with Crippen LogP contribution in [0.25, 0.3) is 0 Å². The molecule has 1 atom stereocenters. The van der Waals surface area contributed by atoms with E-state index in [1.165, 1.54) is 6.07 Å². The van der Waals surface area contributed by atoms with Gasteiger partial charge in [-0.1, -0.05) is 6.07 Å². The van der Waals surface area contributed by atoms with Crippen molar-refractivity contribution in [2.45, 2.75) is 31.9 Å². The smallest absolute Gasteiger partial charge is 0.336 e. The maximum Gasteiger partial charge on any atom is 0.336 e. The molecule has 1 heterocycles. The first-order valence-corrected chi connectivity index (χ1v) is 6.73. The topological polar surface area (TPSA) is 49.8 Å². The molecule has 1 unspecified atom stereocenters. The maximum absolute atomic E-state index is 13.2. The molecule has 1 aliphatic heterocycles. The summed E-state index contributed by atoms with van der Waals surface area (Å²) in [5.41, 5.74) is 0.482. The summed E-state index contributed by atoms with van der Waals surface area (Å²) in [6.45, 7) is 4.21. The Morgan fingerprint density at radius 3 is 2.95 bits per heavy atom. The van der Waals surface area contributed by atoms with Gasteiger partial charge in [-0.2, -0.15) is 0 Å². The van der Waals surface area contributed by atoms with Crippen LogP contribution in [0.15, 0.2) is 18.2 Å². The fourth-order valence-electron chi connectivity index (χ4n) is 2.74. The van der Waals surface area contributed by atoms with Crippen LogP contribution >= 0.6 is 0 Å². The lowest BCUT2D eigenvalue weighted by Gasteiger charge is -2.39.